The molecule has 1 fully saturated rings. The molecule has 0 aromatic carbocycles. The summed E-state index contributed by atoms with van der Waals surface area (Å²) in [4.78, 5) is 33.0. The first-order chi connectivity index (χ1) is 9.97. The largest absolute Gasteiger partial charge is 0.350 e. The fourth-order valence-electron chi connectivity index (χ4n) is 2.25. The standard InChI is InChI=1S/C14H19ClN4O2/c1-11(20)18-5-7-19(8-6-18)14(21)10-17(2)13-4-3-12(15)9-16-13/h3-4,9H,5-8,10H2,1-2H3. The number of likely N-dealkylation sites (N-methyl/N-ethyl adjacent to an activating group) is 1. The van der Waals surface area contributed by atoms with Gasteiger partial charge in [0, 0.05) is 46.3 Å². The van der Waals surface area contributed by atoms with E-state index >= 15 is 0 Å². The van der Waals surface area contributed by atoms with Crippen molar-refractivity contribution in [3.63, 3.8) is 0 Å². The van der Waals surface area contributed by atoms with Gasteiger partial charge in [0.05, 0.1) is 11.6 Å². The third-order valence-corrected chi connectivity index (χ3v) is 3.78. The van der Waals surface area contributed by atoms with Crippen molar-refractivity contribution in [2.24, 2.45) is 0 Å². The maximum Gasteiger partial charge on any atom is 0.242 e. The summed E-state index contributed by atoms with van der Waals surface area (Å²) >= 11 is 5.79. The maximum absolute atomic E-state index is 12.3. The molecule has 6 nitrogen and oxygen atoms in total. The lowest BCUT2D eigenvalue weighted by molar-refractivity contribution is -0.137. The van der Waals surface area contributed by atoms with Crippen molar-refractivity contribution in [3.8, 4) is 0 Å². The molecular formula is C14H19ClN4O2. The average Bonchev–Trinajstić information content (AvgIpc) is 2.47. The molecule has 0 spiro atoms. The van der Waals surface area contributed by atoms with E-state index in [1.54, 1.807) is 40.0 Å². The molecule has 2 heterocycles. The number of halogens is 1. The van der Waals surface area contributed by atoms with Gasteiger partial charge in [-0.15, -0.1) is 0 Å². The van der Waals surface area contributed by atoms with Gasteiger partial charge in [0.1, 0.15) is 5.82 Å². The van der Waals surface area contributed by atoms with Crippen LogP contribution in [0.5, 0.6) is 0 Å². The molecule has 0 aliphatic carbocycles. The SMILES string of the molecule is CC(=O)N1CCN(C(=O)CN(C)c2ccc(Cl)cn2)CC1. The van der Waals surface area contributed by atoms with Gasteiger partial charge in [0.2, 0.25) is 11.8 Å². The lowest BCUT2D eigenvalue weighted by Crippen LogP contribution is -2.52. The number of piperazine rings is 1. The van der Waals surface area contributed by atoms with Crippen LogP contribution < -0.4 is 4.90 Å². The third kappa shape index (κ3) is 4.07. The van der Waals surface area contributed by atoms with Gasteiger partial charge in [-0.25, -0.2) is 4.98 Å². The van der Waals surface area contributed by atoms with E-state index in [1.165, 1.54) is 0 Å². The summed E-state index contributed by atoms with van der Waals surface area (Å²) in [5.41, 5.74) is 0. The molecule has 0 unspecified atom stereocenters. The van der Waals surface area contributed by atoms with Crippen LogP contribution in [0.15, 0.2) is 18.3 Å². The Morgan fingerprint density at radius 1 is 1.24 bits per heavy atom. The first-order valence-electron chi connectivity index (χ1n) is 6.83. The molecule has 1 saturated heterocycles. The smallest absolute Gasteiger partial charge is 0.242 e. The minimum Gasteiger partial charge on any atom is -0.350 e. The van der Waals surface area contributed by atoms with E-state index in [9.17, 15) is 9.59 Å². The zero-order valence-electron chi connectivity index (χ0n) is 12.3. The molecule has 114 valence electrons. The molecule has 1 aromatic heterocycles. The summed E-state index contributed by atoms with van der Waals surface area (Å²) in [6.45, 7) is 4.18. The number of pyridine rings is 1. The van der Waals surface area contributed by atoms with E-state index in [-0.39, 0.29) is 18.4 Å². The van der Waals surface area contributed by atoms with Crippen molar-refractivity contribution >= 4 is 29.2 Å². The van der Waals surface area contributed by atoms with E-state index < -0.39 is 0 Å². The lowest BCUT2D eigenvalue weighted by Gasteiger charge is -2.35. The number of rotatable bonds is 3. The number of aromatic nitrogens is 1. The van der Waals surface area contributed by atoms with Crippen LogP contribution in [0.3, 0.4) is 0 Å². The van der Waals surface area contributed by atoms with Crippen LogP contribution >= 0.6 is 11.6 Å². The van der Waals surface area contributed by atoms with E-state index in [4.69, 9.17) is 11.6 Å². The van der Waals surface area contributed by atoms with Crippen LogP contribution in [0.1, 0.15) is 6.92 Å². The van der Waals surface area contributed by atoms with Gasteiger partial charge in [-0.3, -0.25) is 9.59 Å². The lowest BCUT2D eigenvalue weighted by atomic mass is 10.3. The summed E-state index contributed by atoms with van der Waals surface area (Å²) in [7, 11) is 1.82. The summed E-state index contributed by atoms with van der Waals surface area (Å²) < 4.78 is 0. The Hall–Kier alpha value is -1.82. The molecule has 2 rings (SSSR count). The fourth-order valence-corrected chi connectivity index (χ4v) is 2.36. The normalized spacial score (nSPS) is 15.0. The fraction of sp³-hybridized carbons (Fsp3) is 0.500. The Balaban J connectivity index is 1.87. The van der Waals surface area contributed by atoms with Crippen LogP contribution in [0, 0.1) is 0 Å². The van der Waals surface area contributed by atoms with Crippen LogP contribution in [-0.4, -0.2) is 66.4 Å². The van der Waals surface area contributed by atoms with Crippen molar-refractivity contribution in [1.29, 1.82) is 0 Å². The number of amides is 2. The van der Waals surface area contributed by atoms with E-state index in [1.807, 2.05) is 7.05 Å². The predicted molar refractivity (Wildman–Crippen MR) is 81.4 cm³/mol. The molecule has 21 heavy (non-hydrogen) atoms. The molecule has 0 atom stereocenters. The molecule has 1 aromatic rings. The Morgan fingerprint density at radius 3 is 2.38 bits per heavy atom. The number of nitrogens with zero attached hydrogens (tertiary/aromatic N) is 4. The van der Waals surface area contributed by atoms with Gasteiger partial charge in [-0.2, -0.15) is 0 Å². The molecule has 2 amide bonds. The summed E-state index contributed by atoms with van der Waals surface area (Å²) in [6, 6.07) is 3.53. The third-order valence-electron chi connectivity index (χ3n) is 3.55. The number of carbonyl (C=O) groups excluding carboxylic acids is 2. The monoisotopic (exact) mass is 310 g/mol. The Morgan fingerprint density at radius 2 is 1.86 bits per heavy atom. The van der Waals surface area contributed by atoms with Gasteiger partial charge >= 0.3 is 0 Å². The van der Waals surface area contributed by atoms with Crippen LogP contribution in [0.25, 0.3) is 0 Å². The van der Waals surface area contributed by atoms with E-state index in [2.05, 4.69) is 4.98 Å². The second-order valence-electron chi connectivity index (χ2n) is 5.08. The van der Waals surface area contributed by atoms with Gasteiger partial charge in [-0.1, -0.05) is 11.6 Å². The van der Waals surface area contributed by atoms with Gasteiger partial charge in [0.15, 0.2) is 0 Å². The Bertz CT molecular complexity index is 512. The van der Waals surface area contributed by atoms with Crippen LogP contribution in [0.4, 0.5) is 5.82 Å². The van der Waals surface area contributed by atoms with Crippen LogP contribution in [0.2, 0.25) is 5.02 Å². The first-order valence-corrected chi connectivity index (χ1v) is 7.21. The quantitative estimate of drug-likeness (QED) is 0.831. The molecule has 0 radical (unpaired) electrons. The zero-order chi connectivity index (χ0) is 15.4. The minimum absolute atomic E-state index is 0.0393. The average molecular weight is 311 g/mol. The van der Waals surface area contributed by atoms with Crippen molar-refractivity contribution in [2.75, 3.05) is 44.7 Å². The molecule has 1 aliphatic heterocycles. The number of hydrogen-bond donors (Lipinski definition) is 0. The summed E-state index contributed by atoms with van der Waals surface area (Å²) in [5, 5.41) is 0.568. The molecule has 0 N–H and O–H groups in total. The maximum atomic E-state index is 12.3. The second kappa shape index (κ2) is 6.76. The zero-order valence-corrected chi connectivity index (χ0v) is 13.0. The highest BCUT2D eigenvalue weighted by atomic mass is 35.5. The Kier molecular flexibility index (Phi) is 5.01. The van der Waals surface area contributed by atoms with Gasteiger partial charge < -0.3 is 14.7 Å². The molecule has 1 aliphatic rings. The van der Waals surface area contributed by atoms with E-state index in [0.29, 0.717) is 37.0 Å². The Labute approximate surface area is 129 Å². The highest BCUT2D eigenvalue weighted by Crippen LogP contribution is 2.13. The number of hydrogen-bond acceptors (Lipinski definition) is 4. The molecule has 0 bridgehead atoms. The van der Waals surface area contributed by atoms with Crippen molar-refractivity contribution in [3.05, 3.63) is 23.4 Å². The van der Waals surface area contributed by atoms with Crippen LogP contribution in [-0.2, 0) is 9.59 Å². The highest BCUT2D eigenvalue weighted by Gasteiger charge is 2.23. The predicted octanol–water partition coefficient (Wildman–Crippen LogP) is 0.862. The van der Waals surface area contributed by atoms with Gasteiger partial charge in [-0.05, 0) is 12.1 Å². The topological polar surface area (TPSA) is 56.8 Å². The molecule has 0 saturated carbocycles. The van der Waals surface area contributed by atoms with Crippen molar-refractivity contribution in [2.45, 2.75) is 6.92 Å². The van der Waals surface area contributed by atoms with E-state index in [0.717, 1.165) is 0 Å². The number of carbonyl (C=O) groups is 2. The number of anilines is 1. The van der Waals surface area contributed by atoms with Gasteiger partial charge in [0.25, 0.3) is 0 Å². The first kappa shape index (κ1) is 15.6. The highest BCUT2D eigenvalue weighted by molar-refractivity contribution is 6.30. The molecule has 7 heteroatoms. The summed E-state index contributed by atoms with van der Waals surface area (Å²) in [5.74, 6) is 0.803. The summed E-state index contributed by atoms with van der Waals surface area (Å²) in [6.07, 6.45) is 1.56. The second-order valence-corrected chi connectivity index (χ2v) is 5.51. The molecular weight excluding hydrogens is 292 g/mol. The van der Waals surface area contributed by atoms with Crippen molar-refractivity contribution < 1.29 is 9.59 Å². The minimum atomic E-state index is 0.0393. The van der Waals surface area contributed by atoms with Crippen molar-refractivity contribution in [1.82, 2.24) is 14.8 Å².